The Labute approximate surface area is 142 Å². The Morgan fingerprint density at radius 1 is 1.23 bits per heavy atom. The summed E-state index contributed by atoms with van der Waals surface area (Å²) >= 11 is 0. The highest BCUT2D eigenvalue weighted by Crippen LogP contribution is 2.28. The van der Waals surface area contributed by atoms with Gasteiger partial charge in [-0.3, -0.25) is 4.68 Å². The average Bonchev–Trinajstić information content (AvgIpc) is 2.75. The lowest BCUT2D eigenvalue weighted by Gasteiger charge is -2.17. The van der Waals surface area contributed by atoms with Gasteiger partial charge >= 0.3 is 6.18 Å². The smallest absolute Gasteiger partial charge is 0.311 e. The van der Waals surface area contributed by atoms with Crippen molar-refractivity contribution in [3.05, 3.63) is 17.5 Å². The Morgan fingerprint density at radius 3 is 2.27 bits per heavy atom. The largest absolute Gasteiger partial charge is 0.435 e. The minimum absolute atomic E-state index is 0. The molecule has 1 rings (SSSR count). The molecule has 1 aromatic rings. The minimum atomic E-state index is -4.38. The Morgan fingerprint density at radius 2 is 1.82 bits per heavy atom. The molecule has 0 saturated carbocycles. The van der Waals surface area contributed by atoms with Crippen LogP contribution < -0.4 is 5.32 Å². The fourth-order valence-electron chi connectivity index (χ4n) is 1.99. The predicted molar refractivity (Wildman–Crippen MR) is 86.8 cm³/mol. The maximum atomic E-state index is 12.5. The van der Waals surface area contributed by atoms with Gasteiger partial charge in [-0.15, -0.1) is 24.8 Å². The summed E-state index contributed by atoms with van der Waals surface area (Å²) in [4.78, 5) is 2.31. The number of aryl methyl sites for hydroxylation is 1. The van der Waals surface area contributed by atoms with E-state index in [1.165, 1.54) is 11.7 Å². The van der Waals surface area contributed by atoms with Crippen molar-refractivity contribution >= 4 is 24.8 Å². The number of alkyl halides is 3. The summed E-state index contributed by atoms with van der Waals surface area (Å²) in [5, 5.41) is 6.63. The number of hydrogen-bond donors (Lipinski definition) is 1. The second kappa shape index (κ2) is 11.1. The van der Waals surface area contributed by atoms with Crippen LogP contribution in [0, 0.1) is 0 Å². The maximum Gasteiger partial charge on any atom is 0.435 e. The molecule has 9 heteroatoms. The molecule has 0 aromatic carbocycles. The zero-order valence-electron chi connectivity index (χ0n) is 13.1. The van der Waals surface area contributed by atoms with Gasteiger partial charge in [-0.05, 0) is 38.7 Å². The van der Waals surface area contributed by atoms with Crippen molar-refractivity contribution in [3.8, 4) is 0 Å². The van der Waals surface area contributed by atoms with E-state index < -0.39 is 11.9 Å². The third kappa shape index (κ3) is 7.67. The van der Waals surface area contributed by atoms with Crippen LogP contribution in [-0.2, 0) is 19.8 Å². The highest BCUT2D eigenvalue weighted by Gasteiger charge is 2.34. The summed E-state index contributed by atoms with van der Waals surface area (Å²) in [7, 11) is 1.53. The number of nitrogens with zero attached hydrogens (tertiary/aromatic N) is 3. The quantitative estimate of drug-likeness (QED) is 0.719. The number of rotatable bonds is 8. The van der Waals surface area contributed by atoms with Crippen LogP contribution in [0.1, 0.15) is 31.7 Å². The second-order valence-electron chi connectivity index (χ2n) is 4.70. The summed E-state index contributed by atoms with van der Waals surface area (Å²) in [6.45, 7) is 8.46. The molecule has 0 bridgehead atoms. The summed E-state index contributed by atoms with van der Waals surface area (Å²) in [5.74, 6) is 0. The van der Waals surface area contributed by atoms with Gasteiger partial charge in [-0.1, -0.05) is 13.8 Å². The molecule has 1 heterocycles. The van der Waals surface area contributed by atoms with Crippen LogP contribution in [0.3, 0.4) is 0 Å². The van der Waals surface area contributed by atoms with Crippen molar-refractivity contribution in [2.75, 3.05) is 26.2 Å². The molecule has 0 spiro atoms. The third-order valence-corrected chi connectivity index (χ3v) is 3.30. The van der Waals surface area contributed by atoms with Gasteiger partial charge in [-0.25, -0.2) is 0 Å². The lowest BCUT2D eigenvalue weighted by atomic mass is 10.3. The van der Waals surface area contributed by atoms with Gasteiger partial charge in [-0.2, -0.15) is 18.3 Å². The topological polar surface area (TPSA) is 33.1 Å². The van der Waals surface area contributed by atoms with Crippen LogP contribution in [0.25, 0.3) is 0 Å². The molecule has 1 aromatic heterocycles. The van der Waals surface area contributed by atoms with Crippen molar-refractivity contribution < 1.29 is 13.2 Å². The van der Waals surface area contributed by atoms with Gasteiger partial charge < -0.3 is 10.2 Å². The highest BCUT2D eigenvalue weighted by molar-refractivity contribution is 5.85. The number of hydrogen-bond acceptors (Lipinski definition) is 3. The molecule has 22 heavy (non-hydrogen) atoms. The molecule has 132 valence electrons. The summed E-state index contributed by atoms with van der Waals surface area (Å²) in [6.07, 6.45) is -3.40. The number of aromatic nitrogens is 2. The molecule has 0 aliphatic carbocycles. The molecule has 0 amide bonds. The zero-order valence-corrected chi connectivity index (χ0v) is 14.7. The number of nitrogens with one attached hydrogen (secondary N) is 1. The van der Waals surface area contributed by atoms with Crippen LogP contribution in [0.4, 0.5) is 13.2 Å². The van der Waals surface area contributed by atoms with Crippen LogP contribution in [0.2, 0.25) is 0 Å². The molecule has 4 nitrogen and oxygen atoms in total. The van der Waals surface area contributed by atoms with E-state index in [4.69, 9.17) is 0 Å². The van der Waals surface area contributed by atoms with E-state index in [2.05, 4.69) is 29.2 Å². The van der Waals surface area contributed by atoms with Crippen LogP contribution in [0.15, 0.2) is 6.07 Å². The predicted octanol–water partition coefficient (Wildman–Crippen LogP) is 3.10. The fraction of sp³-hybridized carbons (Fsp3) is 0.769. The standard InChI is InChI=1S/C13H23F3N4.2ClH/c1-4-20(5-2)8-6-7-17-10-11-9-12(13(14,15)16)18-19(11)3;;/h9,17H,4-8,10H2,1-3H3;2*1H. The Hall–Kier alpha value is -0.500. The van der Waals surface area contributed by atoms with E-state index in [1.54, 1.807) is 0 Å². The van der Waals surface area contributed by atoms with E-state index in [-0.39, 0.29) is 24.8 Å². The number of halogens is 5. The molecular weight excluding hydrogens is 340 g/mol. The fourth-order valence-corrected chi connectivity index (χ4v) is 1.99. The van der Waals surface area contributed by atoms with Crippen LogP contribution in [0.5, 0.6) is 0 Å². The van der Waals surface area contributed by atoms with Gasteiger partial charge in [0.1, 0.15) is 0 Å². The van der Waals surface area contributed by atoms with E-state index in [0.29, 0.717) is 12.2 Å². The molecule has 0 atom stereocenters. The first-order valence-electron chi connectivity index (χ1n) is 6.91. The van der Waals surface area contributed by atoms with E-state index in [1.807, 2.05) is 0 Å². The van der Waals surface area contributed by atoms with Crippen LogP contribution in [-0.4, -0.2) is 40.9 Å². The lowest BCUT2D eigenvalue weighted by molar-refractivity contribution is -0.141. The zero-order chi connectivity index (χ0) is 15.2. The van der Waals surface area contributed by atoms with Crippen molar-refractivity contribution in [1.29, 1.82) is 0 Å². The Kier molecular flexibility index (Phi) is 12.0. The van der Waals surface area contributed by atoms with E-state index in [0.717, 1.165) is 38.7 Å². The summed E-state index contributed by atoms with van der Waals surface area (Å²) in [6, 6.07) is 1.09. The minimum Gasteiger partial charge on any atom is -0.311 e. The first-order valence-corrected chi connectivity index (χ1v) is 6.91. The average molecular weight is 365 g/mol. The molecule has 1 N–H and O–H groups in total. The molecule has 0 radical (unpaired) electrons. The van der Waals surface area contributed by atoms with E-state index in [9.17, 15) is 13.2 Å². The first kappa shape index (κ1) is 23.8. The van der Waals surface area contributed by atoms with Gasteiger partial charge in [0.05, 0.1) is 5.69 Å². The van der Waals surface area contributed by atoms with Crippen molar-refractivity contribution in [1.82, 2.24) is 20.0 Å². The van der Waals surface area contributed by atoms with Gasteiger partial charge in [0.25, 0.3) is 0 Å². The van der Waals surface area contributed by atoms with Gasteiger partial charge in [0, 0.05) is 13.6 Å². The Bertz CT molecular complexity index is 406. The SMILES string of the molecule is CCN(CC)CCCNCc1cc(C(F)(F)F)nn1C.Cl.Cl. The third-order valence-electron chi connectivity index (χ3n) is 3.30. The molecule has 0 saturated heterocycles. The lowest BCUT2D eigenvalue weighted by Crippen LogP contribution is -2.27. The van der Waals surface area contributed by atoms with Gasteiger partial charge in [0.2, 0.25) is 0 Å². The molecule has 0 fully saturated rings. The molecular formula is C13H25Cl2F3N4. The van der Waals surface area contributed by atoms with Crippen molar-refractivity contribution in [2.24, 2.45) is 7.05 Å². The first-order chi connectivity index (χ1) is 9.38. The normalized spacial score (nSPS) is 11.2. The molecule has 0 aliphatic heterocycles. The summed E-state index contributed by atoms with van der Waals surface area (Å²) < 4.78 is 38.7. The second-order valence-corrected chi connectivity index (χ2v) is 4.70. The molecule has 0 unspecified atom stereocenters. The monoisotopic (exact) mass is 364 g/mol. The van der Waals surface area contributed by atoms with Crippen molar-refractivity contribution in [3.63, 3.8) is 0 Å². The van der Waals surface area contributed by atoms with Gasteiger partial charge in [0.15, 0.2) is 5.69 Å². The highest BCUT2D eigenvalue weighted by atomic mass is 35.5. The Balaban J connectivity index is 0. The molecule has 0 aliphatic rings. The van der Waals surface area contributed by atoms with Crippen molar-refractivity contribution in [2.45, 2.75) is 33.0 Å². The van der Waals surface area contributed by atoms with Crippen LogP contribution >= 0.6 is 24.8 Å². The van der Waals surface area contributed by atoms with E-state index >= 15 is 0 Å². The summed E-state index contributed by atoms with van der Waals surface area (Å²) in [5.41, 5.74) is -0.292. The maximum absolute atomic E-state index is 12.5.